The lowest BCUT2D eigenvalue weighted by atomic mass is 9.93. The van der Waals surface area contributed by atoms with Crippen LogP contribution in [-0.4, -0.2) is 29.0 Å². The van der Waals surface area contributed by atoms with E-state index in [4.69, 9.17) is 10.7 Å². The van der Waals surface area contributed by atoms with E-state index < -0.39 is 0 Å². The van der Waals surface area contributed by atoms with Crippen molar-refractivity contribution >= 4 is 11.3 Å². The number of likely N-dealkylation sites (tertiary alicyclic amines) is 1. The summed E-state index contributed by atoms with van der Waals surface area (Å²) in [6.07, 6.45) is 1.12. The molecule has 1 unspecified atom stereocenters. The highest BCUT2D eigenvalue weighted by atomic mass is 32.1. The van der Waals surface area contributed by atoms with Crippen molar-refractivity contribution in [2.45, 2.75) is 45.2 Å². The van der Waals surface area contributed by atoms with Gasteiger partial charge in [-0.2, -0.15) is 0 Å². The number of hydrogen-bond donors (Lipinski definition) is 1. The Morgan fingerprint density at radius 3 is 2.81 bits per heavy atom. The summed E-state index contributed by atoms with van der Waals surface area (Å²) in [5.74, 6) is 0. The van der Waals surface area contributed by atoms with Gasteiger partial charge in [0.05, 0.1) is 12.2 Å². The van der Waals surface area contributed by atoms with Gasteiger partial charge in [0.25, 0.3) is 0 Å². The van der Waals surface area contributed by atoms with Crippen molar-refractivity contribution in [3.8, 4) is 0 Å². The Morgan fingerprint density at radius 2 is 2.31 bits per heavy atom. The maximum absolute atomic E-state index is 5.89. The average Bonchev–Trinajstić information content (AvgIpc) is 2.74. The Hall–Kier alpha value is -0.450. The Kier molecular flexibility index (Phi) is 3.33. The third-order valence-corrected chi connectivity index (χ3v) is 3.82. The van der Waals surface area contributed by atoms with E-state index in [1.807, 2.05) is 0 Å². The first-order valence-electron chi connectivity index (χ1n) is 5.88. The highest BCUT2D eigenvalue weighted by Crippen LogP contribution is 2.25. The van der Waals surface area contributed by atoms with Gasteiger partial charge in [0.1, 0.15) is 5.01 Å². The molecule has 1 aromatic heterocycles. The first-order valence-corrected chi connectivity index (χ1v) is 6.76. The second-order valence-corrected chi connectivity index (χ2v) is 6.60. The fraction of sp³-hybridized carbons (Fsp3) is 0.750. The second-order valence-electron chi connectivity index (χ2n) is 5.66. The zero-order valence-corrected chi connectivity index (χ0v) is 11.2. The number of nitrogens with two attached hydrogens (primary N) is 1. The molecule has 2 heterocycles. The molecule has 2 N–H and O–H groups in total. The Bertz CT molecular complexity index is 353. The lowest BCUT2D eigenvalue weighted by molar-refractivity contribution is 0.325. The number of thiazole rings is 1. The van der Waals surface area contributed by atoms with Crippen LogP contribution in [-0.2, 0) is 12.0 Å². The van der Waals surface area contributed by atoms with Crippen molar-refractivity contribution in [2.24, 2.45) is 5.73 Å². The van der Waals surface area contributed by atoms with E-state index in [-0.39, 0.29) is 5.41 Å². The first kappa shape index (κ1) is 12.0. The highest BCUT2D eigenvalue weighted by Gasteiger charge is 2.22. The molecular weight excluding hydrogens is 218 g/mol. The molecule has 0 aliphatic carbocycles. The maximum Gasteiger partial charge on any atom is 0.107 e. The van der Waals surface area contributed by atoms with Crippen molar-refractivity contribution in [3.05, 3.63) is 16.1 Å². The molecule has 16 heavy (non-hydrogen) atoms. The fourth-order valence-electron chi connectivity index (χ4n) is 1.93. The normalized spacial score (nSPS) is 22.9. The topological polar surface area (TPSA) is 42.1 Å². The summed E-state index contributed by atoms with van der Waals surface area (Å²) >= 11 is 1.77. The van der Waals surface area contributed by atoms with Crippen molar-refractivity contribution in [3.63, 3.8) is 0 Å². The van der Waals surface area contributed by atoms with E-state index in [0.29, 0.717) is 6.04 Å². The molecule has 0 spiro atoms. The Morgan fingerprint density at radius 1 is 1.56 bits per heavy atom. The van der Waals surface area contributed by atoms with Crippen LogP contribution in [0.3, 0.4) is 0 Å². The van der Waals surface area contributed by atoms with Crippen LogP contribution >= 0.6 is 11.3 Å². The average molecular weight is 239 g/mol. The van der Waals surface area contributed by atoms with Crippen LogP contribution in [0.1, 0.15) is 37.9 Å². The molecule has 90 valence electrons. The number of nitrogens with zero attached hydrogens (tertiary/aromatic N) is 2. The fourth-order valence-corrected chi connectivity index (χ4v) is 2.99. The third-order valence-electron chi connectivity index (χ3n) is 2.99. The van der Waals surface area contributed by atoms with Crippen LogP contribution in [0.25, 0.3) is 0 Å². The van der Waals surface area contributed by atoms with Crippen molar-refractivity contribution in [1.82, 2.24) is 9.88 Å². The molecule has 1 saturated heterocycles. The summed E-state index contributed by atoms with van der Waals surface area (Å²) in [7, 11) is 0. The molecule has 2 rings (SSSR count). The second kappa shape index (κ2) is 4.43. The minimum Gasteiger partial charge on any atom is -0.326 e. The van der Waals surface area contributed by atoms with Crippen LogP contribution in [0.5, 0.6) is 0 Å². The number of hydrogen-bond acceptors (Lipinski definition) is 4. The highest BCUT2D eigenvalue weighted by molar-refractivity contribution is 7.09. The quantitative estimate of drug-likeness (QED) is 0.858. The first-order chi connectivity index (χ1) is 7.45. The van der Waals surface area contributed by atoms with Gasteiger partial charge in [-0.25, -0.2) is 4.98 Å². The van der Waals surface area contributed by atoms with E-state index in [0.717, 1.165) is 26.1 Å². The summed E-state index contributed by atoms with van der Waals surface area (Å²) in [6.45, 7) is 9.72. The van der Waals surface area contributed by atoms with Gasteiger partial charge in [0.15, 0.2) is 0 Å². The SMILES string of the molecule is CC(C)(C)c1csc(CN2CCC(N)C2)n1. The van der Waals surface area contributed by atoms with Gasteiger partial charge in [-0.05, 0) is 6.42 Å². The largest absolute Gasteiger partial charge is 0.326 e. The molecule has 0 saturated carbocycles. The van der Waals surface area contributed by atoms with E-state index >= 15 is 0 Å². The predicted octanol–water partition coefficient (Wildman–Crippen LogP) is 1.97. The molecule has 1 fully saturated rings. The summed E-state index contributed by atoms with van der Waals surface area (Å²) in [4.78, 5) is 7.10. The van der Waals surface area contributed by atoms with Gasteiger partial charge >= 0.3 is 0 Å². The van der Waals surface area contributed by atoms with Crippen molar-refractivity contribution < 1.29 is 0 Å². The molecule has 0 aromatic carbocycles. The standard InChI is InChI=1S/C12H21N3S/c1-12(2,3)10-8-16-11(14-10)7-15-5-4-9(13)6-15/h8-9H,4-7,13H2,1-3H3. The van der Waals surface area contributed by atoms with Gasteiger partial charge in [-0.15, -0.1) is 11.3 Å². The van der Waals surface area contributed by atoms with Gasteiger partial charge in [0, 0.05) is 29.9 Å². The molecule has 0 bridgehead atoms. The van der Waals surface area contributed by atoms with Crippen LogP contribution < -0.4 is 5.73 Å². The van der Waals surface area contributed by atoms with Gasteiger partial charge in [-0.3, -0.25) is 4.90 Å². The predicted molar refractivity (Wildman–Crippen MR) is 68.7 cm³/mol. The van der Waals surface area contributed by atoms with Crippen LogP contribution in [0, 0.1) is 0 Å². The molecule has 3 nitrogen and oxygen atoms in total. The molecule has 1 atom stereocenters. The third kappa shape index (κ3) is 2.81. The summed E-state index contributed by atoms with van der Waals surface area (Å²) in [6, 6.07) is 0.363. The monoisotopic (exact) mass is 239 g/mol. The molecule has 0 amide bonds. The molecule has 0 radical (unpaired) electrons. The van der Waals surface area contributed by atoms with E-state index in [9.17, 15) is 0 Å². The Labute approximate surface area is 102 Å². The molecule has 1 aliphatic heterocycles. The molecule has 1 aromatic rings. The van der Waals surface area contributed by atoms with E-state index in [1.165, 1.54) is 10.7 Å². The lowest BCUT2D eigenvalue weighted by Crippen LogP contribution is -2.26. The van der Waals surface area contributed by atoms with E-state index in [2.05, 4.69) is 31.1 Å². The van der Waals surface area contributed by atoms with Gasteiger partial charge in [0.2, 0.25) is 0 Å². The Balaban J connectivity index is 1.98. The summed E-state index contributed by atoms with van der Waals surface area (Å²) < 4.78 is 0. The molecule has 4 heteroatoms. The number of aromatic nitrogens is 1. The molecular formula is C12H21N3S. The lowest BCUT2D eigenvalue weighted by Gasteiger charge is -2.15. The minimum absolute atomic E-state index is 0.163. The number of rotatable bonds is 2. The van der Waals surface area contributed by atoms with Crippen molar-refractivity contribution in [1.29, 1.82) is 0 Å². The van der Waals surface area contributed by atoms with Gasteiger partial charge < -0.3 is 5.73 Å². The van der Waals surface area contributed by atoms with E-state index in [1.54, 1.807) is 11.3 Å². The summed E-state index contributed by atoms with van der Waals surface area (Å²) in [5, 5.41) is 3.41. The summed E-state index contributed by atoms with van der Waals surface area (Å²) in [5.41, 5.74) is 7.26. The smallest absolute Gasteiger partial charge is 0.107 e. The molecule has 1 aliphatic rings. The minimum atomic E-state index is 0.163. The zero-order valence-electron chi connectivity index (χ0n) is 10.4. The van der Waals surface area contributed by atoms with Crippen LogP contribution in [0.15, 0.2) is 5.38 Å². The maximum atomic E-state index is 5.89. The zero-order chi connectivity index (χ0) is 11.8. The van der Waals surface area contributed by atoms with Crippen LogP contribution in [0.4, 0.5) is 0 Å². The van der Waals surface area contributed by atoms with Crippen molar-refractivity contribution in [2.75, 3.05) is 13.1 Å². The van der Waals surface area contributed by atoms with Crippen LogP contribution in [0.2, 0.25) is 0 Å². The van der Waals surface area contributed by atoms with Gasteiger partial charge in [-0.1, -0.05) is 20.8 Å².